The molecule has 0 radical (unpaired) electrons. The molecular formula is C22H24N2O6S. The minimum absolute atomic E-state index is 0.100. The summed E-state index contributed by atoms with van der Waals surface area (Å²) < 4.78 is 30.3. The zero-order valence-electron chi connectivity index (χ0n) is 17.4. The molecule has 9 heteroatoms. The van der Waals surface area contributed by atoms with Crippen LogP contribution in [0.4, 0.5) is 0 Å². The van der Waals surface area contributed by atoms with Gasteiger partial charge in [0.15, 0.2) is 0 Å². The number of hydrogen-bond acceptors (Lipinski definition) is 6. The van der Waals surface area contributed by atoms with Crippen LogP contribution in [0.15, 0.2) is 47.4 Å². The van der Waals surface area contributed by atoms with Crippen molar-refractivity contribution in [1.82, 2.24) is 10.2 Å². The number of amides is 3. The largest absolute Gasteiger partial charge is 0.379 e. The number of likely N-dealkylation sites (tertiary alicyclic amines) is 1. The standard InChI is InChI=1S/C22H24N2O6S/c1-15-4-5-16(2)19(14-15)31(28,29)30-18-8-6-17(7-9-18)22(27)23-12-3-13-24-20(25)10-11-21(24)26/h4-9,14H,3,10-13H2,1-2H3,(H,23,27). The molecule has 8 nitrogen and oxygen atoms in total. The van der Waals surface area contributed by atoms with E-state index in [1.165, 1.54) is 29.2 Å². The number of rotatable bonds is 8. The van der Waals surface area contributed by atoms with Crippen molar-refractivity contribution in [2.75, 3.05) is 13.1 Å². The van der Waals surface area contributed by atoms with Crippen molar-refractivity contribution in [2.45, 2.75) is 38.0 Å². The van der Waals surface area contributed by atoms with Gasteiger partial charge in [0.25, 0.3) is 5.91 Å². The highest BCUT2D eigenvalue weighted by Crippen LogP contribution is 2.22. The molecule has 0 spiro atoms. The lowest BCUT2D eigenvalue weighted by molar-refractivity contribution is -0.138. The smallest absolute Gasteiger partial charge is 0.339 e. The van der Waals surface area contributed by atoms with Gasteiger partial charge in [-0.05, 0) is 61.7 Å². The molecule has 1 saturated heterocycles. The predicted molar refractivity (Wildman–Crippen MR) is 113 cm³/mol. The Kier molecular flexibility index (Phi) is 6.74. The predicted octanol–water partition coefficient (Wildman–Crippen LogP) is 2.34. The molecule has 1 N–H and O–H groups in total. The molecule has 0 atom stereocenters. The normalized spacial score (nSPS) is 14.1. The van der Waals surface area contributed by atoms with E-state index in [0.29, 0.717) is 24.1 Å². The van der Waals surface area contributed by atoms with Crippen molar-refractivity contribution in [3.8, 4) is 5.75 Å². The molecule has 0 aromatic heterocycles. The van der Waals surface area contributed by atoms with E-state index in [0.717, 1.165) is 5.56 Å². The van der Waals surface area contributed by atoms with E-state index in [4.69, 9.17) is 4.18 Å². The second-order valence-electron chi connectivity index (χ2n) is 7.38. The summed E-state index contributed by atoms with van der Waals surface area (Å²) >= 11 is 0. The summed E-state index contributed by atoms with van der Waals surface area (Å²) in [5.74, 6) is -0.600. The first-order valence-electron chi connectivity index (χ1n) is 9.90. The minimum atomic E-state index is -3.99. The quantitative estimate of drug-likeness (QED) is 0.380. The lowest BCUT2D eigenvalue weighted by atomic mass is 10.2. The fourth-order valence-electron chi connectivity index (χ4n) is 3.22. The van der Waals surface area contributed by atoms with Crippen molar-refractivity contribution in [3.63, 3.8) is 0 Å². The fourth-order valence-corrected chi connectivity index (χ4v) is 4.47. The van der Waals surface area contributed by atoms with Crippen LogP contribution in [0.3, 0.4) is 0 Å². The number of nitrogens with zero attached hydrogens (tertiary/aromatic N) is 1. The summed E-state index contributed by atoms with van der Waals surface area (Å²) in [4.78, 5) is 36.7. The van der Waals surface area contributed by atoms with E-state index in [9.17, 15) is 22.8 Å². The number of benzene rings is 2. The van der Waals surface area contributed by atoms with Gasteiger partial charge < -0.3 is 9.50 Å². The van der Waals surface area contributed by atoms with E-state index in [1.54, 1.807) is 26.0 Å². The van der Waals surface area contributed by atoms with Crippen LogP contribution in [0, 0.1) is 13.8 Å². The van der Waals surface area contributed by atoms with Crippen molar-refractivity contribution in [1.29, 1.82) is 0 Å². The first-order valence-corrected chi connectivity index (χ1v) is 11.3. The number of carbonyl (C=O) groups is 3. The number of hydrogen-bond donors (Lipinski definition) is 1. The molecular weight excluding hydrogens is 420 g/mol. The van der Waals surface area contributed by atoms with Crippen LogP contribution in [0.25, 0.3) is 0 Å². The third-order valence-corrected chi connectivity index (χ3v) is 6.32. The van der Waals surface area contributed by atoms with Crippen LogP contribution in [0.1, 0.15) is 40.7 Å². The molecule has 2 aromatic rings. The molecule has 3 rings (SSSR count). The molecule has 0 bridgehead atoms. The van der Waals surface area contributed by atoms with Crippen LogP contribution in [0.2, 0.25) is 0 Å². The molecule has 31 heavy (non-hydrogen) atoms. The monoisotopic (exact) mass is 444 g/mol. The van der Waals surface area contributed by atoms with Gasteiger partial charge in [-0.25, -0.2) is 0 Å². The summed E-state index contributed by atoms with van der Waals surface area (Å²) in [6.45, 7) is 4.07. The second-order valence-corrected chi connectivity index (χ2v) is 8.89. The molecule has 3 amide bonds. The van der Waals surface area contributed by atoms with Crippen LogP contribution in [-0.2, 0) is 19.7 Å². The fraction of sp³-hybridized carbons (Fsp3) is 0.318. The molecule has 0 unspecified atom stereocenters. The highest BCUT2D eigenvalue weighted by atomic mass is 32.2. The van der Waals surface area contributed by atoms with Gasteiger partial charge in [0.1, 0.15) is 10.6 Å². The zero-order chi connectivity index (χ0) is 22.6. The molecule has 1 aliphatic rings. The van der Waals surface area contributed by atoms with Crippen LogP contribution in [-0.4, -0.2) is 44.1 Å². The lowest BCUT2D eigenvalue weighted by Crippen LogP contribution is -2.33. The van der Waals surface area contributed by atoms with Gasteiger partial charge in [-0.1, -0.05) is 12.1 Å². The number of nitrogens with one attached hydrogen (secondary N) is 1. The van der Waals surface area contributed by atoms with Crippen molar-refractivity contribution >= 4 is 27.8 Å². The third-order valence-electron chi connectivity index (χ3n) is 4.93. The molecule has 0 aliphatic carbocycles. The maximum Gasteiger partial charge on any atom is 0.339 e. The molecule has 1 aliphatic heterocycles. The van der Waals surface area contributed by atoms with Crippen LogP contribution >= 0.6 is 0 Å². The first kappa shape index (κ1) is 22.5. The van der Waals surface area contributed by atoms with Gasteiger partial charge in [0.05, 0.1) is 0 Å². The summed E-state index contributed by atoms with van der Waals surface area (Å²) in [6.07, 6.45) is 0.954. The summed E-state index contributed by atoms with van der Waals surface area (Å²) in [6, 6.07) is 10.9. The molecule has 1 heterocycles. The van der Waals surface area contributed by atoms with Crippen molar-refractivity contribution < 1.29 is 27.0 Å². The summed E-state index contributed by atoms with van der Waals surface area (Å²) in [5.41, 5.74) is 1.72. The Morgan fingerprint density at radius 2 is 1.68 bits per heavy atom. The Morgan fingerprint density at radius 3 is 2.32 bits per heavy atom. The van der Waals surface area contributed by atoms with E-state index < -0.39 is 10.1 Å². The Labute approximate surface area is 181 Å². The molecule has 1 fully saturated rings. The Hall–Kier alpha value is -3.20. The highest BCUT2D eigenvalue weighted by Gasteiger charge is 2.28. The maximum atomic E-state index is 12.6. The maximum absolute atomic E-state index is 12.6. The lowest BCUT2D eigenvalue weighted by Gasteiger charge is -2.13. The Morgan fingerprint density at radius 1 is 1.03 bits per heavy atom. The van der Waals surface area contributed by atoms with Gasteiger partial charge in [-0.3, -0.25) is 19.3 Å². The highest BCUT2D eigenvalue weighted by molar-refractivity contribution is 7.87. The van der Waals surface area contributed by atoms with Gasteiger partial charge in [-0.2, -0.15) is 8.42 Å². The topological polar surface area (TPSA) is 110 Å². The van der Waals surface area contributed by atoms with Crippen LogP contribution in [0.5, 0.6) is 5.75 Å². The summed E-state index contributed by atoms with van der Waals surface area (Å²) in [7, 11) is -3.99. The SMILES string of the molecule is Cc1ccc(C)c(S(=O)(=O)Oc2ccc(C(=O)NCCCN3C(=O)CCC3=O)cc2)c1. The van der Waals surface area contributed by atoms with Crippen molar-refractivity contribution in [3.05, 3.63) is 59.2 Å². The van der Waals surface area contributed by atoms with Gasteiger partial charge in [-0.15, -0.1) is 0 Å². The third kappa shape index (κ3) is 5.49. The van der Waals surface area contributed by atoms with Crippen molar-refractivity contribution in [2.24, 2.45) is 0 Å². The van der Waals surface area contributed by atoms with E-state index >= 15 is 0 Å². The molecule has 164 valence electrons. The Bertz CT molecular complexity index is 1090. The van der Waals surface area contributed by atoms with Gasteiger partial charge >= 0.3 is 10.1 Å². The van der Waals surface area contributed by atoms with E-state index in [2.05, 4.69) is 5.32 Å². The van der Waals surface area contributed by atoms with Gasteiger partial charge in [0.2, 0.25) is 11.8 Å². The van der Waals surface area contributed by atoms with E-state index in [1.807, 2.05) is 6.07 Å². The second kappa shape index (κ2) is 9.30. The molecule has 0 saturated carbocycles. The summed E-state index contributed by atoms with van der Waals surface area (Å²) in [5, 5.41) is 2.71. The Balaban J connectivity index is 1.54. The average molecular weight is 445 g/mol. The molecule has 2 aromatic carbocycles. The zero-order valence-corrected chi connectivity index (χ0v) is 18.2. The van der Waals surface area contributed by atoms with E-state index in [-0.39, 0.29) is 47.8 Å². The first-order chi connectivity index (χ1) is 14.7. The number of aryl methyl sites for hydroxylation is 2. The van der Waals surface area contributed by atoms with Crippen LogP contribution < -0.4 is 9.50 Å². The number of carbonyl (C=O) groups excluding carboxylic acids is 3. The minimum Gasteiger partial charge on any atom is -0.379 e. The van der Waals surface area contributed by atoms with Gasteiger partial charge in [0, 0.05) is 31.5 Å². The number of imide groups is 1. The average Bonchev–Trinajstić information content (AvgIpc) is 3.04.